The summed E-state index contributed by atoms with van der Waals surface area (Å²) in [5.41, 5.74) is 0.360. The highest BCUT2D eigenvalue weighted by Gasteiger charge is 2.21. The highest BCUT2D eigenvalue weighted by atomic mass is 32.2. The average molecular weight is 301 g/mol. The molecule has 114 valence electrons. The quantitative estimate of drug-likeness (QED) is 0.858. The molecule has 1 amide bonds. The normalized spacial score (nSPS) is 11.9. The Hall–Kier alpha value is -1.34. The number of hydrogen-bond donors (Lipinski definition) is 1. The molecule has 0 spiro atoms. The molecule has 0 unspecified atom stereocenters. The van der Waals surface area contributed by atoms with Gasteiger partial charge in [0.05, 0.1) is 0 Å². The number of aryl methyl sites for hydroxylation is 1. The standard InChI is InChI=1S/C13H23N3O3S/c1-5-6-16-9-11(20(14,18)19)7-12(16)13(17)15(4)8-10(2)3/h7,9-10H,5-6,8H2,1-4H3,(H2,14,18,19). The van der Waals surface area contributed by atoms with Crippen LogP contribution in [0, 0.1) is 5.92 Å². The van der Waals surface area contributed by atoms with Gasteiger partial charge < -0.3 is 9.47 Å². The number of sulfonamides is 1. The molecule has 6 nitrogen and oxygen atoms in total. The smallest absolute Gasteiger partial charge is 0.270 e. The van der Waals surface area contributed by atoms with E-state index in [1.807, 2.05) is 20.8 Å². The summed E-state index contributed by atoms with van der Waals surface area (Å²) in [6.45, 7) is 7.19. The van der Waals surface area contributed by atoms with Crippen molar-refractivity contribution in [2.45, 2.75) is 38.6 Å². The van der Waals surface area contributed by atoms with Gasteiger partial charge in [-0.1, -0.05) is 20.8 Å². The van der Waals surface area contributed by atoms with Crippen molar-refractivity contribution >= 4 is 15.9 Å². The molecule has 1 rings (SSSR count). The van der Waals surface area contributed by atoms with Crippen LogP contribution >= 0.6 is 0 Å². The van der Waals surface area contributed by atoms with Crippen LogP contribution in [0.3, 0.4) is 0 Å². The third kappa shape index (κ3) is 4.08. The van der Waals surface area contributed by atoms with Gasteiger partial charge in [-0.3, -0.25) is 4.79 Å². The van der Waals surface area contributed by atoms with E-state index in [2.05, 4.69) is 0 Å². The maximum Gasteiger partial charge on any atom is 0.270 e. The summed E-state index contributed by atoms with van der Waals surface area (Å²) in [4.78, 5) is 14.0. The number of carbonyl (C=O) groups excluding carboxylic acids is 1. The zero-order valence-corrected chi connectivity index (χ0v) is 13.3. The van der Waals surface area contributed by atoms with Crippen molar-refractivity contribution in [2.24, 2.45) is 11.1 Å². The van der Waals surface area contributed by atoms with Crippen LogP contribution in [0.15, 0.2) is 17.2 Å². The minimum absolute atomic E-state index is 0.0211. The average Bonchev–Trinajstić information content (AvgIpc) is 2.71. The van der Waals surface area contributed by atoms with Crippen molar-refractivity contribution < 1.29 is 13.2 Å². The maximum atomic E-state index is 12.4. The minimum Gasteiger partial charge on any atom is -0.342 e. The van der Waals surface area contributed by atoms with Crippen LogP contribution in [0.2, 0.25) is 0 Å². The molecule has 0 aliphatic carbocycles. The summed E-state index contributed by atoms with van der Waals surface area (Å²) >= 11 is 0. The number of amides is 1. The van der Waals surface area contributed by atoms with E-state index in [9.17, 15) is 13.2 Å². The zero-order chi connectivity index (χ0) is 15.5. The number of primary sulfonamides is 1. The van der Waals surface area contributed by atoms with Crippen molar-refractivity contribution in [1.82, 2.24) is 9.47 Å². The van der Waals surface area contributed by atoms with Crippen molar-refractivity contribution in [1.29, 1.82) is 0 Å². The van der Waals surface area contributed by atoms with Gasteiger partial charge in [-0.05, 0) is 18.4 Å². The molecule has 1 aromatic rings. The van der Waals surface area contributed by atoms with E-state index < -0.39 is 10.0 Å². The number of nitrogens with two attached hydrogens (primary N) is 1. The fourth-order valence-corrected chi connectivity index (χ4v) is 2.62. The molecule has 0 atom stereocenters. The molecule has 0 radical (unpaired) electrons. The van der Waals surface area contributed by atoms with Crippen LogP contribution in [-0.2, 0) is 16.6 Å². The van der Waals surface area contributed by atoms with Crippen LogP contribution in [-0.4, -0.2) is 37.4 Å². The van der Waals surface area contributed by atoms with Crippen LogP contribution in [0.4, 0.5) is 0 Å². The molecule has 0 saturated heterocycles. The number of carbonyl (C=O) groups is 1. The topological polar surface area (TPSA) is 85.4 Å². The van der Waals surface area contributed by atoms with E-state index in [0.717, 1.165) is 6.42 Å². The number of hydrogen-bond acceptors (Lipinski definition) is 3. The van der Waals surface area contributed by atoms with Gasteiger partial charge in [-0.2, -0.15) is 0 Å². The van der Waals surface area contributed by atoms with E-state index in [4.69, 9.17) is 5.14 Å². The first kappa shape index (κ1) is 16.7. The highest BCUT2D eigenvalue weighted by molar-refractivity contribution is 7.89. The molecule has 0 fully saturated rings. The van der Waals surface area contributed by atoms with Gasteiger partial charge in [0.2, 0.25) is 10.0 Å². The lowest BCUT2D eigenvalue weighted by molar-refractivity contribution is 0.0768. The number of rotatable bonds is 6. The van der Waals surface area contributed by atoms with Crippen LogP contribution in [0.5, 0.6) is 0 Å². The van der Waals surface area contributed by atoms with Crippen molar-refractivity contribution in [3.8, 4) is 0 Å². The van der Waals surface area contributed by atoms with Gasteiger partial charge in [0.1, 0.15) is 10.6 Å². The van der Waals surface area contributed by atoms with Crippen LogP contribution < -0.4 is 5.14 Å². The predicted molar refractivity (Wildman–Crippen MR) is 77.9 cm³/mol. The van der Waals surface area contributed by atoms with Crippen molar-refractivity contribution in [3.63, 3.8) is 0 Å². The third-order valence-corrected chi connectivity index (χ3v) is 3.75. The van der Waals surface area contributed by atoms with E-state index in [0.29, 0.717) is 24.7 Å². The zero-order valence-electron chi connectivity index (χ0n) is 12.5. The Bertz CT molecular complexity index is 576. The highest BCUT2D eigenvalue weighted by Crippen LogP contribution is 2.16. The summed E-state index contributed by atoms with van der Waals surface area (Å²) in [6.07, 6.45) is 2.22. The molecule has 0 aliphatic heterocycles. The Morgan fingerprint density at radius 1 is 1.45 bits per heavy atom. The molecule has 1 heterocycles. The third-order valence-electron chi connectivity index (χ3n) is 2.87. The summed E-state index contributed by atoms with van der Waals surface area (Å²) < 4.78 is 24.5. The molecule has 20 heavy (non-hydrogen) atoms. The molecule has 7 heteroatoms. The largest absolute Gasteiger partial charge is 0.342 e. The second kappa shape index (κ2) is 6.41. The summed E-state index contributed by atoms with van der Waals surface area (Å²) in [5.74, 6) is 0.151. The first-order chi connectivity index (χ1) is 9.16. The fourth-order valence-electron chi connectivity index (χ4n) is 2.07. The summed E-state index contributed by atoms with van der Waals surface area (Å²) in [7, 11) is -2.09. The summed E-state index contributed by atoms with van der Waals surface area (Å²) in [5, 5.41) is 5.13. The number of aromatic nitrogens is 1. The second-order valence-electron chi connectivity index (χ2n) is 5.38. The monoisotopic (exact) mass is 301 g/mol. The SMILES string of the molecule is CCCn1cc(S(N)(=O)=O)cc1C(=O)N(C)CC(C)C. The lowest BCUT2D eigenvalue weighted by Gasteiger charge is -2.20. The first-order valence-corrected chi connectivity index (χ1v) is 8.19. The van der Waals surface area contributed by atoms with Gasteiger partial charge in [-0.15, -0.1) is 0 Å². The Morgan fingerprint density at radius 2 is 2.05 bits per heavy atom. The molecule has 0 saturated carbocycles. The Kier molecular flexibility index (Phi) is 5.35. The fraction of sp³-hybridized carbons (Fsp3) is 0.615. The Labute approximate surface area is 120 Å². The molecular formula is C13H23N3O3S. The molecule has 0 aliphatic rings. The van der Waals surface area contributed by atoms with E-state index in [1.165, 1.54) is 12.3 Å². The maximum absolute atomic E-state index is 12.4. The predicted octanol–water partition coefficient (Wildman–Crippen LogP) is 1.27. The minimum atomic E-state index is -3.80. The second-order valence-corrected chi connectivity index (χ2v) is 6.94. The molecular weight excluding hydrogens is 278 g/mol. The lowest BCUT2D eigenvalue weighted by atomic mass is 10.2. The van der Waals surface area contributed by atoms with E-state index >= 15 is 0 Å². The molecule has 1 aromatic heterocycles. The molecule has 0 aromatic carbocycles. The Balaban J connectivity index is 3.15. The van der Waals surface area contributed by atoms with Crippen molar-refractivity contribution in [2.75, 3.05) is 13.6 Å². The van der Waals surface area contributed by atoms with Crippen LogP contribution in [0.25, 0.3) is 0 Å². The Morgan fingerprint density at radius 3 is 2.50 bits per heavy atom. The van der Waals surface area contributed by atoms with E-state index in [-0.39, 0.29) is 10.8 Å². The van der Waals surface area contributed by atoms with E-state index in [1.54, 1.807) is 16.5 Å². The van der Waals surface area contributed by atoms with Gasteiger partial charge in [0, 0.05) is 26.3 Å². The van der Waals surface area contributed by atoms with Crippen LogP contribution in [0.1, 0.15) is 37.7 Å². The van der Waals surface area contributed by atoms with Gasteiger partial charge in [-0.25, -0.2) is 13.6 Å². The number of nitrogens with zero attached hydrogens (tertiary/aromatic N) is 2. The van der Waals surface area contributed by atoms with Gasteiger partial charge >= 0.3 is 0 Å². The molecule has 0 bridgehead atoms. The first-order valence-electron chi connectivity index (χ1n) is 6.65. The molecule has 2 N–H and O–H groups in total. The van der Waals surface area contributed by atoms with Gasteiger partial charge in [0.15, 0.2) is 0 Å². The van der Waals surface area contributed by atoms with Gasteiger partial charge in [0.25, 0.3) is 5.91 Å². The van der Waals surface area contributed by atoms with Crippen molar-refractivity contribution in [3.05, 3.63) is 18.0 Å². The summed E-state index contributed by atoms with van der Waals surface area (Å²) in [6, 6.07) is 1.35. The lowest BCUT2D eigenvalue weighted by Crippen LogP contribution is -2.31.